The summed E-state index contributed by atoms with van der Waals surface area (Å²) in [4.78, 5) is 14.2. The number of aliphatic imine (C=N–C) groups is 1. The monoisotopic (exact) mass is 527 g/mol. The molecule has 9 heteroatoms. The maximum Gasteiger partial charge on any atom is 0.219 e. The summed E-state index contributed by atoms with van der Waals surface area (Å²) in [6.45, 7) is 3.32. The molecule has 0 unspecified atom stereocenters. The van der Waals surface area contributed by atoms with Gasteiger partial charge < -0.3 is 15.4 Å². The van der Waals surface area contributed by atoms with Gasteiger partial charge in [-0.15, -0.1) is 35.3 Å². The Kier molecular flexibility index (Phi) is 9.26. The lowest BCUT2D eigenvalue weighted by molar-refractivity contribution is 0.461. The summed E-state index contributed by atoms with van der Waals surface area (Å²) < 4.78 is 18.5. The quantitative estimate of drug-likeness (QED) is 0.269. The van der Waals surface area contributed by atoms with E-state index in [2.05, 4.69) is 32.5 Å². The molecule has 0 fully saturated rings. The highest BCUT2D eigenvalue weighted by Gasteiger charge is 2.04. The first kappa shape index (κ1) is 23.0. The highest BCUT2D eigenvalue weighted by atomic mass is 127. The summed E-state index contributed by atoms with van der Waals surface area (Å²) in [5, 5.41) is 7.53. The van der Waals surface area contributed by atoms with Gasteiger partial charge in [0, 0.05) is 36.9 Å². The molecular weight excluding hydrogens is 504 g/mol. The zero-order valence-electron chi connectivity index (χ0n) is 16.2. The fraction of sp³-hybridized carbons (Fsp3) is 0.250. The molecule has 3 rings (SSSR count). The minimum absolute atomic E-state index is 0. The minimum Gasteiger partial charge on any atom is -0.439 e. The van der Waals surface area contributed by atoms with Crippen LogP contribution in [0.15, 0.2) is 53.8 Å². The number of halogens is 2. The Balaban J connectivity index is 0.00000300. The van der Waals surface area contributed by atoms with Gasteiger partial charge in [-0.3, -0.25) is 4.99 Å². The van der Waals surface area contributed by atoms with Crippen LogP contribution in [-0.2, 0) is 19.5 Å². The van der Waals surface area contributed by atoms with Crippen molar-refractivity contribution in [3.8, 4) is 11.6 Å². The third kappa shape index (κ3) is 7.24. The smallest absolute Gasteiger partial charge is 0.219 e. The molecular formula is C20H23FIN5OS. The topological polar surface area (TPSA) is 71.4 Å². The van der Waals surface area contributed by atoms with E-state index in [9.17, 15) is 4.39 Å². The first-order valence-electron chi connectivity index (χ1n) is 8.92. The summed E-state index contributed by atoms with van der Waals surface area (Å²) in [7, 11) is 1.73. The van der Waals surface area contributed by atoms with Gasteiger partial charge >= 0.3 is 0 Å². The van der Waals surface area contributed by atoms with Crippen molar-refractivity contribution in [2.45, 2.75) is 26.4 Å². The van der Waals surface area contributed by atoms with Crippen LogP contribution in [0.25, 0.3) is 0 Å². The molecule has 6 nitrogen and oxygen atoms in total. The van der Waals surface area contributed by atoms with Gasteiger partial charge in [-0.25, -0.2) is 14.4 Å². The van der Waals surface area contributed by atoms with Gasteiger partial charge in [0.15, 0.2) is 5.96 Å². The fourth-order valence-electron chi connectivity index (χ4n) is 2.36. The van der Waals surface area contributed by atoms with Crippen LogP contribution in [0, 0.1) is 5.82 Å². The number of aryl methyl sites for hydroxylation is 1. The number of nitrogens with zero attached hydrogens (tertiary/aromatic N) is 3. The van der Waals surface area contributed by atoms with Crippen LogP contribution in [-0.4, -0.2) is 23.0 Å². The number of guanidine groups is 1. The molecule has 0 amide bonds. The lowest BCUT2D eigenvalue weighted by Crippen LogP contribution is -2.36. The number of pyridine rings is 1. The first-order chi connectivity index (χ1) is 13.7. The number of rotatable bonds is 7. The molecule has 29 heavy (non-hydrogen) atoms. The maximum absolute atomic E-state index is 12.9. The van der Waals surface area contributed by atoms with Crippen molar-refractivity contribution in [3.63, 3.8) is 0 Å². The van der Waals surface area contributed by atoms with Crippen LogP contribution in [0.4, 0.5) is 4.39 Å². The average Bonchev–Trinajstić information content (AvgIpc) is 3.19. The Morgan fingerprint density at radius 1 is 1.07 bits per heavy atom. The zero-order valence-corrected chi connectivity index (χ0v) is 19.3. The molecule has 0 saturated carbocycles. The Morgan fingerprint density at radius 2 is 1.83 bits per heavy atom. The second kappa shape index (κ2) is 11.7. The number of hydrogen-bond donors (Lipinski definition) is 2. The van der Waals surface area contributed by atoms with Crippen molar-refractivity contribution in [1.82, 2.24) is 20.6 Å². The van der Waals surface area contributed by atoms with Gasteiger partial charge in [-0.2, -0.15) is 0 Å². The lowest BCUT2D eigenvalue weighted by atomic mass is 10.3. The Labute approximate surface area is 190 Å². The molecule has 2 heterocycles. The summed E-state index contributed by atoms with van der Waals surface area (Å²) in [6.07, 6.45) is 4.64. The van der Waals surface area contributed by atoms with Gasteiger partial charge in [-0.1, -0.05) is 13.0 Å². The average molecular weight is 527 g/mol. The molecule has 0 aliphatic heterocycles. The largest absolute Gasteiger partial charge is 0.439 e. The zero-order chi connectivity index (χ0) is 19.8. The summed E-state index contributed by atoms with van der Waals surface area (Å²) in [5.41, 5.74) is 0.983. The molecule has 0 radical (unpaired) electrons. The van der Waals surface area contributed by atoms with Gasteiger partial charge in [0.1, 0.15) is 16.6 Å². The normalized spacial score (nSPS) is 10.9. The van der Waals surface area contributed by atoms with Crippen LogP contribution >= 0.6 is 35.3 Å². The predicted molar refractivity (Wildman–Crippen MR) is 125 cm³/mol. The van der Waals surface area contributed by atoms with Crippen LogP contribution in [0.2, 0.25) is 0 Å². The van der Waals surface area contributed by atoms with Crippen molar-refractivity contribution < 1.29 is 9.13 Å². The van der Waals surface area contributed by atoms with Crippen LogP contribution in [0.1, 0.15) is 22.4 Å². The van der Waals surface area contributed by atoms with E-state index in [4.69, 9.17) is 4.74 Å². The van der Waals surface area contributed by atoms with E-state index in [1.807, 2.05) is 12.3 Å². The van der Waals surface area contributed by atoms with Crippen molar-refractivity contribution in [3.05, 3.63) is 70.1 Å². The van der Waals surface area contributed by atoms with Gasteiger partial charge in [0.25, 0.3) is 0 Å². The molecule has 2 N–H and O–H groups in total. The first-order valence-corrected chi connectivity index (χ1v) is 9.74. The number of hydrogen-bond acceptors (Lipinski definition) is 5. The van der Waals surface area contributed by atoms with Gasteiger partial charge in [-0.05, 0) is 36.2 Å². The standard InChI is InChI=1S/C20H22FN5OS.HI/c1-3-17-12-24-19(28-17)13-26-20(22-2)25-11-14-4-9-18(23-10-14)27-16-7-5-15(21)6-8-16;/h4-10,12H,3,11,13H2,1-2H3,(H2,22,25,26);1H. The van der Waals surface area contributed by atoms with Crippen molar-refractivity contribution >= 4 is 41.3 Å². The fourth-order valence-corrected chi connectivity index (χ4v) is 3.16. The summed E-state index contributed by atoms with van der Waals surface area (Å²) in [6, 6.07) is 9.52. The predicted octanol–water partition coefficient (Wildman–Crippen LogP) is 4.52. The highest BCUT2D eigenvalue weighted by molar-refractivity contribution is 14.0. The van der Waals surface area contributed by atoms with Crippen LogP contribution < -0.4 is 15.4 Å². The molecule has 154 valence electrons. The number of benzene rings is 1. The Bertz CT molecular complexity index is 915. The molecule has 2 aromatic heterocycles. The maximum atomic E-state index is 12.9. The van der Waals surface area contributed by atoms with Crippen LogP contribution in [0.3, 0.4) is 0 Å². The number of aromatic nitrogens is 2. The molecule has 0 atom stereocenters. The number of ether oxygens (including phenoxy) is 1. The molecule has 1 aromatic carbocycles. The van der Waals surface area contributed by atoms with Gasteiger partial charge in [0.05, 0.1) is 6.54 Å². The van der Waals surface area contributed by atoms with E-state index < -0.39 is 0 Å². The minimum atomic E-state index is -0.301. The van der Waals surface area contributed by atoms with Crippen molar-refractivity contribution in [1.29, 1.82) is 0 Å². The molecule has 0 bridgehead atoms. The number of thiazole rings is 1. The third-order valence-electron chi connectivity index (χ3n) is 3.87. The SMILES string of the molecule is CCc1cnc(CNC(=NC)NCc2ccc(Oc3ccc(F)cc3)nc2)s1.I. The second-order valence-corrected chi connectivity index (χ2v) is 7.11. The van der Waals surface area contributed by atoms with E-state index in [-0.39, 0.29) is 29.8 Å². The van der Waals surface area contributed by atoms with Gasteiger partial charge in [0.2, 0.25) is 5.88 Å². The molecule has 0 saturated heterocycles. The van der Waals surface area contributed by atoms with Crippen LogP contribution in [0.5, 0.6) is 11.6 Å². The van der Waals surface area contributed by atoms with Crippen molar-refractivity contribution in [2.24, 2.45) is 4.99 Å². The highest BCUT2D eigenvalue weighted by Crippen LogP contribution is 2.19. The second-order valence-electron chi connectivity index (χ2n) is 5.91. The molecule has 0 aliphatic rings. The summed E-state index contributed by atoms with van der Waals surface area (Å²) in [5.74, 6) is 1.38. The molecule has 3 aromatic rings. The summed E-state index contributed by atoms with van der Waals surface area (Å²) >= 11 is 1.70. The Hall–Kier alpha value is -2.27. The third-order valence-corrected chi connectivity index (χ3v) is 5.02. The van der Waals surface area contributed by atoms with Crippen molar-refractivity contribution in [2.75, 3.05) is 7.05 Å². The molecule has 0 aliphatic carbocycles. The van der Waals surface area contributed by atoms with E-state index in [1.54, 1.807) is 42.8 Å². The lowest BCUT2D eigenvalue weighted by Gasteiger charge is -2.11. The van der Waals surface area contributed by atoms with E-state index >= 15 is 0 Å². The van der Waals surface area contributed by atoms with E-state index in [0.717, 1.165) is 17.0 Å². The van der Waals surface area contributed by atoms with E-state index in [1.165, 1.54) is 17.0 Å². The van der Waals surface area contributed by atoms with E-state index in [0.29, 0.717) is 30.7 Å². The molecule has 0 spiro atoms. The Morgan fingerprint density at radius 3 is 2.45 bits per heavy atom. The number of nitrogens with one attached hydrogen (secondary N) is 2.